The summed E-state index contributed by atoms with van der Waals surface area (Å²) in [6, 6.07) is 12.7. The van der Waals surface area contributed by atoms with Crippen LogP contribution in [0.15, 0.2) is 42.5 Å². The Morgan fingerprint density at radius 2 is 1.62 bits per heavy atom. The number of benzene rings is 2. The van der Waals surface area contributed by atoms with E-state index < -0.39 is 0 Å². The number of hydrogen-bond donors (Lipinski definition) is 0. The number of halogens is 2. The van der Waals surface area contributed by atoms with Crippen LogP contribution in [0.25, 0.3) is 11.1 Å². The van der Waals surface area contributed by atoms with Gasteiger partial charge in [0.05, 0.1) is 5.02 Å². The van der Waals surface area contributed by atoms with Crippen LogP contribution in [0.2, 0.25) is 5.02 Å². The van der Waals surface area contributed by atoms with Gasteiger partial charge in [0, 0.05) is 0 Å². The van der Waals surface area contributed by atoms with Gasteiger partial charge >= 0.3 is 0 Å². The molecule has 0 saturated heterocycles. The number of hydrogen-bond acceptors (Lipinski definition) is 0. The molecule has 0 unspecified atom stereocenters. The summed E-state index contributed by atoms with van der Waals surface area (Å²) in [4.78, 5) is 0. The smallest absolute Gasteiger partial charge is 0.141 e. The summed E-state index contributed by atoms with van der Waals surface area (Å²) in [6.45, 7) is 3.81. The molecule has 0 bridgehead atoms. The molecule has 0 saturated carbocycles. The molecule has 0 fully saturated rings. The molecule has 2 heteroatoms. The maximum atomic E-state index is 13.0. The first-order valence-corrected chi connectivity index (χ1v) is 5.42. The Labute approximate surface area is 99.7 Å². The fourth-order valence-electron chi connectivity index (χ4n) is 1.54. The van der Waals surface area contributed by atoms with Gasteiger partial charge in [-0.25, -0.2) is 4.39 Å². The highest BCUT2D eigenvalue weighted by atomic mass is 35.5. The van der Waals surface area contributed by atoms with E-state index >= 15 is 0 Å². The molecule has 0 aromatic heterocycles. The van der Waals surface area contributed by atoms with Gasteiger partial charge in [-0.05, 0) is 42.2 Å². The lowest BCUT2D eigenvalue weighted by atomic mass is 10.0. The van der Waals surface area contributed by atoms with Crippen LogP contribution in [0.5, 0.6) is 0 Å². The quantitative estimate of drug-likeness (QED) is 0.715. The average Bonchev–Trinajstić information content (AvgIpc) is 2.33. The summed E-state index contributed by atoms with van der Waals surface area (Å²) in [7, 11) is 0. The zero-order valence-corrected chi connectivity index (χ0v) is 9.47. The van der Waals surface area contributed by atoms with Crippen molar-refractivity contribution in [3.63, 3.8) is 0 Å². The average molecular weight is 234 g/mol. The van der Waals surface area contributed by atoms with E-state index in [9.17, 15) is 4.39 Å². The Hall–Kier alpha value is -1.34. The molecule has 81 valence electrons. The largest absolute Gasteiger partial charge is 0.205 e. The molecule has 2 rings (SSSR count). The third-order valence-corrected chi connectivity index (χ3v) is 2.79. The molecule has 0 spiro atoms. The lowest BCUT2D eigenvalue weighted by Crippen LogP contribution is -1.83. The van der Waals surface area contributed by atoms with Crippen molar-refractivity contribution < 1.29 is 4.39 Å². The zero-order chi connectivity index (χ0) is 11.5. The van der Waals surface area contributed by atoms with Gasteiger partial charge in [-0.3, -0.25) is 0 Å². The van der Waals surface area contributed by atoms with Crippen LogP contribution in [-0.2, 0) is 6.42 Å². The lowest BCUT2D eigenvalue weighted by Gasteiger charge is -2.04. The second-order valence-electron chi connectivity index (χ2n) is 3.58. The predicted molar refractivity (Wildman–Crippen MR) is 65.9 cm³/mol. The van der Waals surface area contributed by atoms with Crippen LogP contribution in [0, 0.1) is 12.7 Å². The minimum absolute atomic E-state index is 0.152. The van der Waals surface area contributed by atoms with Gasteiger partial charge in [-0.2, -0.15) is 0 Å². The highest BCUT2D eigenvalue weighted by Gasteiger charge is 2.02. The van der Waals surface area contributed by atoms with E-state index in [1.54, 1.807) is 12.1 Å². The Balaban J connectivity index is 2.38. The summed E-state index contributed by atoms with van der Waals surface area (Å²) in [5.74, 6) is -0.389. The van der Waals surface area contributed by atoms with Crippen LogP contribution < -0.4 is 0 Å². The molecule has 2 aromatic rings. The second-order valence-corrected chi connectivity index (χ2v) is 3.98. The van der Waals surface area contributed by atoms with Crippen LogP contribution in [0.1, 0.15) is 5.56 Å². The molecule has 0 heterocycles. The van der Waals surface area contributed by atoms with Crippen LogP contribution >= 0.6 is 11.6 Å². The maximum absolute atomic E-state index is 13.0. The normalized spacial score (nSPS) is 10.4. The standard InChI is InChI=1S/C14H11ClF/c1-2-10-3-5-11(6-4-10)12-7-8-14(16)13(15)9-12/h3-9H,1-2H2. The van der Waals surface area contributed by atoms with E-state index in [4.69, 9.17) is 11.6 Å². The van der Waals surface area contributed by atoms with Gasteiger partial charge in [-0.1, -0.05) is 41.9 Å². The summed E-state index contributed by atoms with van der Waals surface area (Å²) in [6.07, 6.45) is 0.768. The lowest BCUT2D eigenvalue weighted by molar-refractivity contribution is 0.628. The van der Waals surface area contributed by atoms with E-state index in [0.717, 1.165) is 17.5 Å². The minimum atomic E-state index is -0.389. The molecule has 0 aliphatic rings. The predicted octanol–water partition coefficient (Wildman–Crippen LogP) is 4.52. The van der Waals surface area contributed by atoms with Crippen LogP contribution in [0.4, 0.5) is 4.39 Å². The highest BCUT2D eigenvalue weighted by molar-refractivity contribution is 6.31. The molecule has 1 radical (unpaired) electrons. The van der Waals surface area contributed by atoms with Gasteiger partial charge in [0.25, 0.3) is 0 Å². The fourth-order valence-corrected chi connectivity index (χ4v) is 1.72. The van der Waals surface area contributed by atoms with Gasteiger partial charge < -0.3 is 0 Å². The van der Waals surface area contributed by atoms with Gasteiger partial charge in [-0.15, -0.1) is 0 Å². The SMILES string of the molecule is [CH2]Cc1ccc(-c2ccc(F)c(Cl)c2)cc1. The molecular formula is C14H11ClF. The first kappa shape index (κ1) is 11.2. The summed E-state index contributed by atoms with van der Waals surface area (Å²) in [5.41, 5.74) is 3.12. The molecule has 2 aromatic carbocycles. The fraction of sp³-hybridized carbons (Fsp3) is 0.0714. The van der Waals surface area contributed by atoms with E-state index in [2.05, 4.69) is 6.92 Å². The van der Waals surface area contributed by atoms with E-state index in [1.165, 1.54) is 11.6 Å². The maximum Gasteiger partial charge on any atom is 0.141 e. The Kier molecular flexibility index (Phi) is 3.25. The highest BCUT2D eigenvalue weighted by Crippen LogP contribution is 2.25. The van der Waals surface area contributed by atoms with Crippen molar-refractivity contribution in [2.75, 3.05) is 0 Å². The van der Waals surface area contributed by atoms with E-state index in [-0.39, 0.29) is 10.8 Å². The molecule has 0 N–H and O–H groups in total. The number of rotatable bonds is 2. The van der Waals surface area contributed by atoms with Gasteiger partial charge in [0.2, 0.25) is 0 Å². The second kappa shape index (κ2) is 4.67. The van der Waals surface area contributed by atoms with Crippen molar-refractivity contribution in [1.82, 2.24) is 0 Å². The third-order valence-electron chi connectivity index (χ3n) is 2.50. The third kappa shape index (κ3) is 2.25. The van der Waals surface area contributed by atoms with Gasteiger partial charge in [0.1, 0.15) is 5.82 Å². The molecule has 16 heavy (non-hydrogen) atoms. The monoisotopic (exact) mass is 233 g/mol. The Morgan fingerprint density at radius 1 is 1.00 bits per heavy atom. The summed E-state index contributed by atoms with van der Waals surface area (Å²) < 4.78 is 13.0. The molecule has 0 amide bonds. The summed E-state index contributed by atoms with van der Waals surface area (Å²) in [5, 5.41) is 0.152. The van der Waals surface area contributed by atoms with Crippen LogP contribution in [0.3, 0.4) is 0 Å². The first-order valence-electron chi connectivity index (χ1n) is 5.04. The van der Waals surface area contributed by atoms with E-state index in [0.29, 0.717) is 0 Å². The van der Waals surface area contributed by atoms with Crippen molar-refractivity contribution in [2.45, 2.75) is 6.42 Å². The van der Waals surface area contributed by atoms with Crippen molar-refractivity contribution in [1.29, 1.82) is 0 Å². The Bertz CT molecular complexity index is 489. The molecule has 0 aliphatic heterocycles. The molecular weight excluding hydrogens is 223 g/mol. The van der Waals surface area contributed by atoms with E-state index in [1.807, 2.05) is 24.3 Å². The van der Waals surface area contributed by atoms with Crippen molar-refractivity contribution in [2.24, 2.45) is 0 Å². The van der Waals surface area contributed by atoms with Gasteiger partial charge in [0.15, 0.2) is 0 Å². The molecule has 0 atom stereocenters. The molecule has 0 nitrogen and oxygen atoms in total. The zero-order valence-electron chi connectivity index (χ0n) is 8.71. The topological polar surface area (TPSA) is 0 Å². The Morgan fingerprint density at radius 3 is 2.19 bits per heavy atom. The van der Waals surface area contributed by atoms with Crippen molar-refractivity contribution in [3.8, 4) is 11.1 Å². The minimum Gasteiger partial charge on any atom is -0.205 e. The molecule has 0 aliphatic carbocycles. The first-order chi connectivity index (χ1) is 7.70. The van der Waals surface area contributed by atoms with Crippen molar-refractivity contribution >= 4 is 11.6 Å². The van der Waals surface area contributed by atoms with Crippen LogP contribution in [-0.4, -0.2) is 0 Å². The summed E-state index contributed by atoms with van der Waals surface area (Å²) >= 11 is 5.74. The van der Waals surface area contributed by atoms with Crippen molar-refractivity contribution in [3.05, 3.63) is 65.8 Å².